The molecule has 0 atom stereocenters. The van der Waals surface area contributed by atoms with Crippen molar-refractivity contribution in [1.82, 2.24) is 0 Å². The summed E-state index contributed by atoms with van der Waals surface area (Å²) in [4.78, 5) is 0. The summed E-state index contributed by atoms with van der Waals surface area (Å²) in [6, 6.07) is 68.0. The Labute approximate surface area is 301 Å². The molecule has 0 amide bonds. The van der Waals surface area contributed by atoms with Crippen LogP contribution in [0.15, 0.2) is 182 Å². The van der Waals surface area contributed by atoms with Crippen LogP contribution >= 0.6 is 0 Å². The summed E-state index contributed by atoms with van der Waals surface area (Å²) in [5.41, 5.74) is 18.2. The maximum Gasteiger partial charge on any atom is -0.00199 e. The quantitative estimate of drug-likeness (QED) is 0.166. The van der Waals surface area contributed by atoms with E-state index in [0.717, 1.165) is 0 Å². The first-order valence-corrected chi connectivity index (χ1v) is 18.2. The van der Waals surface area contributed by atoms with Crippen molar-refractivity contribution >= 4 is 43.1 Å². The van der Waals surface area contributed by atoms with E-state index in [-0.39, 0.29) is 0 Å². The van der Waals surface area contributed by atoms with E-state index >= 15 is 0 Å². The Morgan fingerprint density at radius 2 is 0.577 bits per heavy atom. The largest absolute Gasteiger partial charge is 0.0622 e. The number of hydrogen-bond donors (Lipinski definition) is 0. The third kappa shape index (κ3) is 3.66. The lowest BCUT2D eigenvalue weighted by Crippen LogP contribution is -1.93. The van der Waals surface area contributed by atoms with Crippen LogP contribution in [-0.2, 0) is 0 Å². The minimum Gasteiger partial charge on any atom is -0.0622 e. The third-order valence-corrected chi connectivity index (χ3v) is 11.8. The molecule has 10 aromatic carbocycles. The number of fused-ring (bicyclic) bond motifs is 8. The van der Waals surface area contributed by atoms with Crippen molar-refractivity contribution in [1.29, 1.82) is 0 Å². The van der Waals surface area contributed by atoms with Gasteiger partial charge in [-0.3, -0.25) is 0 Å². The predicted octanol–water partition coefficient (Wildman–Crippen LogP) is 14.6. The first-order chi connectivity index (χ1) is 25.8. The standard InChI is InChI=1S/C52H30/c1-2-12-31(13-3-1)32-24-25-47-48(30-32)52(46-29-27-44-36-17-7-5-15-34(36)38-21-11-23-42(46)50(38)44)40-19-9-8-18-39(40)51(47)45-28-26-43-35-16-6-4-14-33(35)37-20-10-22-41(45)49(37)43/h1-30H. The molecule has 2 aliphatic carbocycles. The van der Waals surface area contributed by atoms with Crippen LogP contribution in [0.5, 0.6) is 0 Å². The molecule has 0 radical (unpaired) electrons. The van der Waals surface area contributed by atoms with Crippen molar-refractivity contribution < 1.29 is 0 Å². The molecule has 0 fully saturated rings. The smallest absolute Gasteiger partial charge is 0.00199 e. The van der Waals surface area contributed by atoms with Gasteiger partial charge in [0.15, 0.2) is 0 Å². The Morgan fingerprint density at radius 3 is 1.12 bits per heavy atom. The minimum atomic E-state index is 1.23. The maximum absolute atomic E-state index is 2.45. The lowest BCUT2D eigenvalue weighted by molar-refractivity contribution is 1.64. The molecule has 52 heavy (non-hydrogen) atoms. The van der Waals surface area contributed by atoms with Gasteiger partial charge >= 0.3 is 0 Å². The molecule has 0 nitrogen and oxygen atoms in total. The fourth-order valence-electron chi connectivity index (χ4n) is 9.62. The van der Waals surface area contributed by atoms with Gasteiger partial charge in [0.25, 0.3) is 0 Å². The molecule has 0 spiro atoms. The SMILES string of the molecule is c1ccc(-c2ccc3c(-c4ccc5c6c(cccc46)-c4ccccc4-5)c4ccccc4c(-c4ccc5c6c(cccc46)-c4ccccc4-5)c3c2)cc1. The number of hydrogen-bond acceptors (Lipinski definition) is 0. The van der Waals surface area contributed by atoms with E-state index in [1.165, 1.54) is 121 Å². The molecular weight excluding hydrogens is 625 g/mol. The molecule has 0 bridgehead atoms. The summed E-state index contributed by atoms with van der Waals surface area (Å²) in [5.74, 6) is 0. The number of benzene rings is 10. The Kier molecular flexibility index (Phi) is 5.59. The highest BCUT2D eigenvalue weighted by atomic mass is 14.3. The van der Waals surface area contributed by atoms with E-state index in [2.05, 4.69) is 182 Å². The fourth-order valence-corrected chi connectivity index (χ4v) is 9.62. The summed E-state index contributed by atoms with van der Waals surface area (Å²) in [6.45, 7) is 0. The summed E-state index contributed by atoms with van der Waals surface area (Å²) in [5, 5.41) is 10.4. The molecule has 2 aliphatic rings. The van der Waals surface area contributed by atoms with Crippen LogP contribution in [0.25, 0.3) is 121 Å². The highest BCUT2D eigenvalue weighted by Gasteiger charge is 2.27. The second-order valence-corrected chi connectivity index (χ2v) is 14.3. The highest BCUT2D eigenvalue weighted by molar-refractivity contribution is 6.29. The van der Waals surface area contributed by atoms with E-state index in [9.17, 15) is 0 Å². The van der Waals surface area contributed by atoms with Gasteiger partial charge in [-0.1, -0.05) is 176 Å². The Bertz CT molecular complexity index is 3100. The van der Waals surface area contributed by atoms with Crippen molar-refractivity contribution in [2.45, 2.75) is 0 Å². The topological polar surface area (TPSA) is 0 Å². The van der Waals surface area contributed by atoms with Crippen molar-refractivity contribution in [3.8, 4) is 77.9 Å². The van der Waals surface area contributed by atoms with E-state index in [1.54, 1.807) is 0 Å². The van der Waals surface area contributed by atoms with Crippen LogP contribution in [0.3, 0.4) is 0 Å². The van der Waals surface area contributed by atoms with Gasteiger partial charge in [-0.15, -0.1) is 0 Å². The molecular formula is C52H30. The van der Waals surface area contributed by atoms with E-state index in [0.29, 0.717) is 0 Å². The molecule has 0 saturated heterocycles. The summed E-state index contributed by atoms with van der Waals surface area (Å²) in [6.07, 6.45) is 0. The molecule has 0 N–H and O–H groups in total. The van der Waals surface area contributed by atoms with Gasteiger partial charge in [-0.25, -0.2) is 0 Å². The van der Waals surface area contributed by atoms with Crippen LogP contribution in [0, 0.1) is 0 Å². The average molecular weight is 655 g/mol. The molecule has 0 heterocycles. The van der Waals surface area contributed by atoms with Gasteiger partial charge in [-0.05, 0) is 127 Å². The maximum atomic E-state index is 2.45. The van der Waals surface area contributed by atoms with Crippen molar-refractivity contribution in [3.05, 3.63) is 182 Å². The second kappa shape index (κ2) is 10.4. The van der Waals surface area contributed by atoms with Crippen LogP contribution in [0.4, 0.5) is 0 Å². The Hall–Kier alpha value is -6.76. The second-order valence-electron chi connectivity index (χ2n) is 14.3. The van der Waals surface area contributed by atoms with Crippen molar-refractivity contribution in [3.63, 3.8) is 0 Å². The Balaban J connectivity index is 1.23. The molecule has 0 heteroatoms. The molecule has 0 aromatic heterocycles. The van der Waals surface area contributed by atoms with E-state index in [1.807, 2.05) is 0 Å². The monoisotopic (exact) mass is 654 g/mol. The average Bonchev–Trinajstić information content (AvgIpc) is 3.72. The minimum absolute atomic E-state index is 1.23. The molecule has 10 aromatic rings. The van der Waals surface area contributed by atoms with Crippen LogP contribution in [0.1, 0.15) is 0 Å². The zero-order valence-electron chi connectivity index (χ0n) is 28.3. The van der Waals surface area contributed by atoms with Gasteiger partial charge in [0.1, 0.15) is 0 Å². The summed E-state index contributed by atoms with van der Waals surface area (Å²) < 4.78 is 0. The fraction of sp³-hybridized carbons (Fsp3) is 0. The van der Waals surface area contributed by atoms with Crippen LogP contribution < -0.4 is 0 Å². The van der Waals surface area contributed by atoms with Crippen molar-refractivity contribution in [2.75, 3.05) is 0 Å². The van der Waals surface area contributed by atoms with Gasteiger partial charge in [0.2, 0.25) is 0 Å². The molecule has 12 rings (SSSR count). The third-order valence-electron chi connectivity index (χ3n) is 11.8. The van der Waals surface area contributed by atoms with E-state index in [4.69, 9.17) is 0 Å². The Morgan fingerprint density at radius 1 is 0.192 bits per heavy atom. The molecule has 0 saturated carbocycles. The van der Waals surface area contributed by atoms with Gasteiger partial charge in [0, 0.05) is 0 Å². The van der Waals surface area contributed by atoms with Crippen LogP contribution in [0.2, 0.25) is 0 Å². The summed E-state index contributed by atoms with van der Waals surface area (Å²) in [7, 11) is 0. The first kappa shape index (κ1) is 28.0. The zero-order chi connectivity index (χ0) is 33.9. The highest BCUT2D eigenvalue weighted by Crippen LogP contribution is 2.54. The molecule has 0 unspecified atom stereocenters. The van der Waals surface area contributed by atoms with Gasteiger partial charge in [0.05, 0.1) is 0 Å². The molecule has 0 aliphatic heterocycles. The molecule has 238 valence electrons. The van der Waals surface area contributed by atoms with E-state index < -0.39 is 0 Å². The summed E-state index contributed by atoms with van der Waals surface area (Å²) >= 11 is 0. The van der Waals surface area contributed by atoms with Crippen molar-refractivity contribution in [2.24, 2.45) is 0 Å². The van der Waals surface area contributed by atoms with Gasteiger partial charge < -0.3 is 0 Å². The lowest BCUT2D eigenvalue weighted by Gasteiger charge is -2.21. The predicted molar refractivity (Wildman–Crippen MR) is 222 cm³/mol. The normalized spacial score (nSPS) is 12.2. The lowest BCUT2D eigenvalue weighted by atomic mass is 9.82. The zero-order valence-corrected chi connectivity index (χ0v) is 28.3. The number of rotatable bonds is 3. The van der Waals surface area contributed by atoms with Crippen LogP contribution in [-0.4, -0.2) is 0 Å². The van der Waals surface area contributed by atoms with Gasteiger partial charge in [-0.2, -0.15) is 0 Å². The first-order valence-electron chi connectivity index (χ1n) is 18.2.